The molecule has 1 saturated heterocycles. The number of alkyl halides is 1. The van der Waals surface area contributed by atoms with Crippen LogP contribution in [0.5, 0.6) is 0 Å². The average Bonchev–Trinajstić information content (AvgIpc) is 2.93. The topological polar surface area (TPSA) is 20.5 Å². The van der Waals surface area contributed by atoms with E-state index in [9.17, 15) is 0 Å². The van der Waals surface area contributed by atoms with Crippen molar-refractivity contribution in [2.75, 3.05) is 18.0 Å². The molecule has 0 N–H and O–H groups in total. The summed E-state index contributed by atoms with van der Waals surface area (Å²) < 4.78 is 2.20. The molecule has 1 fully saturated rings. The van der Waals surface area contributed by atoms with Gasteiger partial charge in [-0.25, -0.2) is 4.98 Å². The molecule has 5 heteroatoms. The third-order valence-electron chi connectivity index (χ3n) is 3.75. The molecule has 17 heavy (non-hydrogen) atoms. The highest BCUT2D eigenvalue weighted by Gasteiger charge is 2.29. The molecule has 2 unspecified atom stereocenters. The van der Waals surface area contributed by atoms with Crippen molar-refractivity contribution in [3.8, 4) is 0 Å². The Bertz CT molecular complexity index is 523. The van der Waals surface area contributed by atoms with Gasteiger partial charge in [-0.3, -0.25) is 4.40 Å². The molecule has 0 spiro atoms. The molecule has 1 aliphatic heterocycles. The van der Waals surface area contributed by atoms with E-state index >= 15 is 0 Å². The van der Waals surface area contributed by atoms with Crippen LogP contribution in [-0.4, -0.2) is 22.5 Å². The minimum atomic E-state index is 0.762. The molecular formula is C12H16BrN3S. The van der Waals surface area contributed by atoms with E-state index in [1.807, 2.05) is 0 Å². The zero-order chi connectivity index (χ0) is 12.0. The Morgan fingerprint density at radius 3 is 2.76 bits per heavy atom. The molecule has 2 aromatic heterocycles. The van der Waals surface area contributed by atoms with E-state index in [1.54, 1.807) is 11.3 Å². The Morgan fingerprint density at radius 1 is 1.41 bits per heavy atom. The van der Waals surface area contributed by atoms with Crippen molar-refractivity contribution >= 4 is 38.0 Å². The zero-order valence-electron chi connectivity index (χ0n) is 10.1. The molecule has 0 radical (unpaired) electrons. The quantitative estimate of drug-likeness (QED) is 0.792. The van der Waals surface area contributed by atoms with E-state index in [2.05, 4.69) is 50.7 Å². The van der Waals surface area contributed by atoms with Crippen molar-refractivity contribution < 1.29 is 0 Å². The number of imidazole rings is 1. The summed E-state index contributed by atoms with van der Waals surface area (Å²) in [7, 11) is 0. The smallest absolute Gasteiger partial charge is 0.195 e. The first-order valence-corrected chi connectivity index (χ1v) is 7.96. The summed E-state index contributed by atoms with van der Waals surface area (Å²) in [5.74, 6) is 2.70. The number of aromatic nitrogens is 2. The minimum absolute atomic E-state index is 0.762. The summed E-state index contributed by atoms with van der Waals surface area (Å²) >= 11 is 5.29. The largest absolute Gasteiger partial charge is 0.354 e. The van der Waals surface area contributed by atoms with Crippen molar-refractivity contribution in [1.29, 1.82) is 0 Å². The first kappa shape index (κ1) is 11.5. The van der Waals surface area contributed by atoms with Crippen LogP contribution >= 0.6 is 27.3 Å². The highest BCUT2D eigenvalue weighted by Crippen LogP contribution is 2.32. The minimum Gasteiger partial charge on any atom is -0.354 e. The number of hydrogen-bond donors (Lipinski definition) is 0. The van der Waals surface area contributed by atoms with Crippen molar-refractivity contribution in [1.82, 2.24) is 9.38 Å². The molecule has 3 rings (SSSR count). The van der Waals surface area contributed by atoms with Crippen LogP contribution in [0, 0.1) is 11.8 Å². The van der Waals surface area contributed by atoms with Crippen molar-refractivity contribution in [2.24, 2.45) is 11.8 Å². The summed E-state index contributed by atoms with van der Waals surface area (Å²) in [4.78, 5) is 8.31. The fourth-order valence-corrected chi connectivity index (χ4v) is 3.75. The Kier molecular flexibility index (Phi) is 2.91. The van der Waals surface area contributed by atoms with Crippen molar-refractivity contribution in [3.63, 3.8) is 0 Å². The molecule has 3 heterocycles. The molecule has 3 nitrogen and oxygen atoms in total. The van der Waals surface area contributed by atoms with Crippen LogP contribution in [0.1, 0.15) is 19.5 Å². The van der Waals surface area contributed by atoms with Gasteiger partial charge in [-0.1, -0.05) is 29.8 Å². The number of nitrogens with zero attached hydrogens (tertiary/aromatic N) is 3. The first-order chi connectivity index (χ1) is 8.20. The second kappa shape index (κ2) is 4.28. The van der Waals surface area contributed by atoms with Gasteiger partial charge in [0.15, 0.2) is 10.8 Å². The molecule has 0 aromatic carbocycles. The van der Waals surface area contributed by atoms with Crippen molar-refractivity contribution in [3.05, 3.63) is 17.3 Å². The summed E-state index contributed by atoms with van der Waals surface area (Å²) in [5, 5.41) is 2.95. The van der Waals surface area contributed by atoms with Gasteiger partial charge in [0.1, 0.15) is 0 Å². The second-order valence-corrected chi connectivity index (χ2v) is 6.36. The molecule has 0 saturated carbocycles. The van der Waals surface area contributed by atoms with Gasteiger partial charge in [-0.15, -0.1) is 11.3 Å². The van der Waals surface area contributed by atoms with Crippen LogP contribution in [0.2, 0.25) is 0 Å². The maximum Gasteiger partial charge on any atom is 0.195 e. The number of fused-ring (bicyclic) bond motifs is 1. The number of anilines is 1. The van der Waals surface area contributed by atoms with Crippen LogP contribution in [0.3, 0.4) is 0 Å². The average molecular weight is 314 g/mol. The van der Waals surface area contributed by atoms with Gasteiger partial charge in [0.25, 0.3) is 0 Å². The Labute approximate surface area is 114 Å². The lowest BCUT2D eigenvalue weighted by atomic mass is 10.0. The molecule has 2 aromatic rings. The highest BCUT2D eigenvalue weighted by molar-refractivity contribution is 9.08. The summed E-state index contributed by atoms with van der Waals surface area (Å²) in [5.41, 5.74) is 1.28. The monoisotopic (exact) mass is 313 g/mol. The number of hydrogen-bond acceptors (Lipinski definition) is 3. The summed E-state index contributed by atoms with van der Waals surface area (Å²) in [6.07, 6.45) is 2.11. The van der Waals surface area contributed by atoms with Crippen LogP contribution in [-0.2, 0) is 5.33 Å². The van der Waals surface area contributed by atoms with Gasteiger partial charge >= 0.3 is 0 Å². The van der Waals surface area contributed by atoms with Crippen LogP contribution in [0.4, 0.5) is 5.82 Å². The normalized spacial score (nSPS) is 25.0. The summed E-state index contributed by atoms with van der Waals surface area (Å²) in [6, 6.07) is 0. The Hall–Kier alpha value is -0.550. The molecular weight excluding hydrogens is 298 g/mol. The number of halogens is 1. The van der Waals surface area contributed by atoms with Crippen LogP contribution < -0.4 is 4.90 Å². The fourth-order valence-electron chi connectivity index (χ4n) is 2.50. The van der Waals surface area contributed by atoms with Gasteiger partial charge in [0, 0.05) is 30.0 Å². The molecule has 0 amide bonds. The van der Waals surface area contributed by atoms with Gasteiger partial charge < -0.3 is 4.90 Å². The molecule has 92 valence electrons. The number of thiazole rings is 1. The molecule has 0 aliphatic carbocycles. The summed E-state index contributed by atoms with van der Waals surface area (Å²) in [6.45, 7) is 6.92. The zero-order valence-corrected chi connectivity index (χ0v) is 12.5. The van der Waals surface area contributed by atoms with E-state index in [4.69, 9.17) is 4.98 Å². The molecule has 0 bridgehead atoms. The standard InChI is InChI=1S/C12H16BrN3S/c1-8-6-15(7-9(8)2)11-10(5-13)16-3-4-17-12(16)14-11/h3-4,8-9H,5-7H2,1-2H3. The van der Waals surface area contributed by atoms with Crippen LogP contribution in [0.15, 0.2) is 11.6 Å². The fraction of sp³-hybridized carbons (Fsp3) is 0.583. The molecule has 2 atom stereocenters. The SMILES string of the molecule is CC1CN(c2nc3sccn3c2CBr)CC1C. The van der Waals surface area contributed by atoms with Gasteiger partial charge in [-0.05, 0) is 11.8 Å². The lowest BCUT2D eigenvalue weighted by Gasteiger charge is -2.16. The predicted molar refractivity (Wildman–Crippen MR) is 76.2 cm³/mol. The second-order valence-electron chi connectivity index (χ2n) is 4.93. The maximum absolute atomic E-state index is 4.77. The third kappa shape index (κ3) is 1.80. The lowest BCUT2D eigenvalue weighted by Crippen LogP contribution is -2.21. The molecule has 1 aliphatic rings. The third-order valence-corrected chi connectivity index (χ3v) is 5.04. The lowest BCUT2D eigenvalue weighted by molar-refractivity contribution is 0.494. The van der Waals surface area contributed by atoms with Crippen molar-refractivity contribution in [2.45, 2.75) is 19.2 Å². The highest BCUT2D eigenvalue weighted by atomic mass is 79.9. The number of rotatable bonds is 2. The predicted octanol–water partition coefficient (Wildman–Crippen LogP) is 3.38. The van der Waals surface area contributed by atoms with E-state index < -0.39 is 0 Å². The first-order valence-electron chi connectivity index (χ1n) is 5.96. The van der Waals surface area contributed by atoms with E-state index in [-0.39, 0.29) is 0 Å². The maximum atomic E-state index is 4.77. The van der Waals surface area contributed by atoms with E-state index in [0.29, 0.717) is 0 Å². The van der Waals surface area contributed by atoms with Gasteiger partial charge in [-0.2, -0.15) is 0 Å². The Balaban J connectivity index is 2.02. The van der Waals surface area contributed by atoms with Gasteiger partial charge in [0.05, 0.1) is 5.69 Å². The van der Waals surface area contributed by atoms with Gasteiger partial charge in [0.2, 0.25) is 0 Å². The Morgan fingerprint density at radius 2 is 2.12 bits per heavy atom. The van der Waals surface area contributed by atoms with Crippen LogP contribution in [0.25, 0.3) is 4.96 Å². The van der Waals surface area contributed by atoms with E-state index in [0.717, 1.165) is 35.2 Å². The van der Waals surface area contributed by atoms with E-state index in [1.165, 1.54) is 11.5 Å².